The number of benzene rings is 6. The van der Waals surface area contributed by atoms with Crippen molar-refractivity contribution in [3.05, 3.63) is 170 Å². The molecule has 0 aromatic heterocycles. The third-order valence-corrected chi connectivity index (χ3v) is 40.3. The van der Waals surface area contributed by atoms with Crippen molar-refractivity contribution in [1.29, 1.82) is 0 Å². The summed E-state index contributed by atoms with van der Waals surface area (Å²) in [4.78, 5) is 0. The molecule has 0 saturated carbocycles. The monoisotopic (exact) mass is 1140 g/mol. The quantitative estimate of drug-likeness (QED) is 0.140. The van der Waals surface area contributed by atoms with Crippen LogP contribution >= 0.6 is 17.0 Å². The molecule has 0 spiro atoms. The average molecular weight is 1150 g/mol. The van der Waals surface area contributed by atoms with Crippen molar-refractivity contribution in [2.75, 3.05) is 0 Å². The van der Waals surface area contributed by atoms with Gasteiger partial charge in [0.2, 0.25) is 0 Å². The van der Waals surface area contributed by atoms with Crippen LogP contribution in [0.3, 0.4) is 0 Å². The summed E-state index contributed by atoms with van der Waals surface area (Å²) in [6.45, 7) is 52.3. The van der Waals surface area contributed by atoms with Gasteiger partial charge in [0.15, 0.2) is 0 Å². The fraction of sp³-hybridized carbons (Fsp3) is 0.444. The van der Waals surface area contributed by atoms with Crippen LogP contribution in [0, 0.1) is 10.8 Å². The molecule has 401 valence electrons. The Balaban J connectivity index is 1.46. The number of allylic oxidation sites excluding steroid dienone is 2. The van der Waals surface area contributed by atoms with Crippen LogP contribution in [0.4, 0.5) is 0 Å². The standard InChI is InChI=1S/2C30H41.C12H9Si.2ClH.Zr/c2*1-19(2)25-13-12-20-14-24(30(9,10)11)18-26(20)27(25)21-15-22(28(3,4)5)17-23(16-21)29(6,7)8;1-3-7-11-9(5-1)10-6-2-4-8-12(10)13-11;;;/h2*12-19H,1-11H3;1-7H,13H2;2*1H;/q;;;;;+2/p-2. The van der Waals surface area contributed by atoms with Crippen LogP contribution in [0.1, 0.15) is 227 Å². The van der Waals surface area contributed by atoms with E-state index in [1.54, 1.807) is 0 Å². The Morgan fingerprint density at radius 1 is 0.421 bits per heavy atom. The summed E-state index contributed by atoms with van der Waals surface area (Å²) in [5.74, 6) is 0.583. The van der Waals surface area contributed by atoms with Crippen molar-refractivity contribution in [1.82, 2.24) is 0 Å². The van der Waals surface area contributed by atoms with E-state index in [4.69, 9.17) is 0 Å². The second kappa shape index (κ2) is 18.8. The van der Waals surface area contributed by atoms with Gasteiger partial charge in [-0.1, -0.05) is 0 Å². The predicted molar refractivity (Wildman–Crippen MR) is 338 cm³/mol. The number of hydrogen-bond donors (Lipinski definition) is 0. The van der Waals surface area contributed by atoms with Gasteiger partial charge in [-0.3, -0.25) is 0 Å². The second-order valence-electron chi connectivity index (χ2n) is 30.4. The van der Waals surface area contributed by atoms with Gasteiger partial charge in [0.25, 0.3) is 0 Å². The first-order chi connectivity index (χ1) is 34.8. The van der Waals surface area contributed by atoms with Crippen molar-refractivity contribution in [3.63, 3.8) is 0 Å². The summed E-state index contributed by atoms with van der Waals surface area (Å²) in [7, 11) is 18.8. The van der Waals surface area contributed by atoms with E-state index in [2.05, 4.69) is 268 Å². The van der Waals surface area contributed by atoms with Crippen molar-refractivity contribution in [3.8, 4) is 33.4 Å². The molecular weight excluding hydrogens is 1060 g/mol. The predicted octanol–water partition coefficient (Wildman–Crippen LogP) is 19.5. The Bertz CT molecular complexity index is 3150. The Labute approximate surface area is 472 Å². The van der Waals surface area contributed by atoms with E-state index in [0.717, 1.165) is 0 Å². The summed E-state index contributed by atoms with van der Waals surface area (Å²) in [5, 5.41) is 2.95. The molecule has 0 bridgehead atoms. The van der Waals surface area contributed by atoms with Crippen molar-refractivity contribution in [2.45, 2.75) is 193 Å². The van der Waals surface area contributed by atoms with Gasteiger partial charge in [0.1, 0.15) is 0 Å². The van der Waals surface area contributed by atoms with Gasteiger partial charge < -0.3 is 0 Å². The van der Waals surface area contributed by atoms with E-state index in [-0.39, 0.29) is 39.7 Å². The molecular formula is C72H91Cl2SiZr. The van der Waals surface area contributed by atoms with Gasteiger partial charge in [-0.2, -0.15) is 0 Å². The number of hydrogen-bond acceptors (Lipinski definition) is 0. The molecule has 6 aromatic rings. The molecule has 0 saturated heterocycles. The SMILES string of the molecule is CC(C)c1ccc2c(c1-c1cc(C(C)(C)C)cc(C(C)(C)C)c1)C=C(C(C)(C)C)[CH]2[Zr]([Cl])([Cl])([c]1cccc2c1[SiH2]c1ccccc1-2)[CH]1C(C(C)(C)C)=Cc2c1ccc(C(C)C)c2-c1cc(C(C)(C)C)cc(C(C)(C)C)c1. The van der Waals surface area contributed by atoms with Crippen LogP contribution in [-0.2, 0) is 38.1 Å². The minimum absolute atomic E-state index is 0.0415. The van der Waals surface area contributed by atoms with Crippen LogP contribution in [0.2, 0.25) is 0 Å². The maximum absolute atomic E-state index is 9.87. The van der Waals surface area contributed by atoms with Gasteiger partial charge in [0, 0.05) is 0 Å². The molecule has 6 aromatic carbocycles. The third-order valence-electron chi connectivity index (χ3n) is 17.8. The van der Waals surface area contributed by atoms with Gasteiger partial charge in [0.05, 0.1) is 0 Å². The van der Waals surface area contributed by atoms with Crippen molar-refractivity contribution in [2.24, 2.45) is 10.8 Å². The molecule has 2 aliphatic carbocycles. The Morgan fingerprint density at radius 2 is 0.789 bits per heavy atom. The normalized spacial score (nSPS) is 17.9. The number of fused-ring (bicyclic) bond motifs is 5. The number of halogens is 2. The maximum atomic E-state index is 9.87. The molecule has 0 fully saturated rings. The zero-order chi connectivity index (χ0) is 56.0. The third kappa shape index (κ3) is 9.68. The minimum atomic E-state index is -6.04. The molecule has 0 amide bonds. The molecule has 3 aliphatic rings. The second-order valence-corrected chi connectivity index (χ2v) is 52.8. The summed E-state index contributed by atoms with van der Waals surface area (Å²) in [6, 6.07) is 41.2. The van der Waals surface area contributed by atoms with E-state index in [0.29, 0.717) is 11.8 Å². The molecule has 1 aliphatic heterocycles. The van der Waals surface area contributed by atoms with Gasteiger partial charge in [-0.05, 0) is 0 Å². The molecule has 2 atom stereocenters. The zero-order valence-corrected chi connectivity index (χ0v) is 56.1. The van der Waals surface area contributed by atoms with Crippen LogP contribution in [0.5, 0.6) is 0 Å². The van der Waals surface area contributed by atoms with Crippen LogP contribution < -0.4 is 13.6 Å². The molecule has 76 heavy (non-hydrogen) atoms. The Hall–Kier alpha value is -3.52. The molecule has 1 heterocycles. The Morgan fingerprint density at radius 3 is 1.14 bits per heavy atom. The van der Waals surface area contributed by atoms with Gasteiger partial charge >= 0.3 is 476 Å². The molecule has 9 rings (SSSR count). The average Bonchev–Trinajstić information content (AvgIpc) is 4.03. The summed E-state index contributed by atoms with van der Waals surface area (Å²) < 4.78 is 0.844. The van der Waals surface area contributed by atoms with Crippen LogP contribution in [-0.4, -0.2) is 9.52 Å². The molecule has 2 unspecified atom stereocenters. The number of rotatable bonds is 7. The van der Waals surface area contributed by atoms with Crippen molar-refractivity contribution < 1.29 is 16.4 Å². The Kier molecular flexibility index (Phi) is 14.1. The molecule has 0 N–H and O–H groups in total. The summed E-state index contributed by atoms with van der Waals surface area (Å²) in [5.41, 5.74) is 23.5. The van der Waals surface area contributed by atoms with Gasteiger partial charge in [-0.25, -0.2) is 0 Å². The molecule has 4 heteroatoms. The fourth-order valence-corrected chi connectivity index (χ4v) is 41.7. The zero-order valence-electron chi connectivity index (χ0n) is 50.7. The molecule has 0 radical (unpaired) electrons. The first-order valence-corrected chi connectivity index (χ1v) is 40.5. The summed E-state index contributed by atoms with van der Waals surface area (Å²) >= 11 is -6.04. The molecule has 0 nitrogen and oxygen atoms in total. The van der Waals surface area contributed by atoms with E-state index in [9.17, 15) is 17.0 Å². The van der Waals surface area contributed by atoms with E-state index in [1.165, 1.54) is 114 Å². The van der Waals surface area contributed by atoms with E-state index < -0.39 is 25.9 Å². The van der Waals surface area contributed by atoms with E-state index in [1.807, 2.05) is 0 Å². The first kappa shape index (κ1) is 57.2. The topological polar surface area (TPSA) is 0 Å². The fourth-order valence-electron chi connectivity index (χ4n) is 13.3. The van der Waals surface area contributed by atoms with Crippen LogP contribution in [0.15, 0.2) is 114 Å². The van der Waals surface area contributed by atoms with Gasteiger partial charge in [-0.15, -0.1) is 0 Å². The summed E-state index contributed by atoms with van der Waals surface area (Å²) in [6.07, 6.45) is 5.23. The first-order valence-electron chi connectivity index (χ1n) is 28.7. The van der Waals surface area contributed by atoms with E-state index >= 15 is 0 Å². The van der Waals surface area contributed by atoms with Crippen LogP contribution in [0.25, 0.3) is 45.5 Å². The van der Waals surface area contributed by atoms with Crippen molar-refractivity contribution >= 4 is 52.3 Å².